The summed E-state index contributed by atoms with van der Waals surface area (Å²) in [4.78, 5) is 20.5. The van der Waals surface area contributed by atoms with Crippen LogP contribution < -0.4 is 15.4 Å². The van der Waals surface area contributed by atoms with Crippen LogP contribution in [0, 0.1) is 5.82 Å². The Bertz CT molecular complexity index is 952. The van der Waals surface area contributed by atoms with E-state index >= 15 is 0 Å². The summed E-state index contributed by atoms with van der Waals surface area (Å²) in [5, 5.41) is 6.07. The van der Waals surface area contributed by atoms with Gasteiger partial charge in [0.05, 0.1) is 12.8 Å². The zero-order chi connectivity index (χ0) is 18.5. The highest BCUT2D eigenvalue weighted by atomic mass is 35.5. The van der Waals surface area contributed by atoms with Crippen molar-refractivity contribution < 1.29 is 13.9 Å². The second kappa shape index (κ2) is 7.79. The standard InChI is InChI=1S/C18H14ClFN4O2/c1-26-16-6-5-11(19)7-14(16)24-18(25)15-9-17(22-10-21-15)23-13-4-2-3-12(20)8-13/h2-10H,1H3,(H,24,25)(H,21,22,23). The molecule has 0 saturated carbocycles. The SMILES string of the molecule is COc1ccc(Cl)cc1NC(=O)c1cc(Nc2cccc(F)c2)ncn1. The van der Waals surface area contributed by atoms with E-state index < -0.39 is 5.91 Å². The Kier molecular flexibility index (Phi) is 5.28. The molecule has 1 amide bonds. The number of nitrogens with one attached hydrogen (secondary N) is 2. The van der Waals surface area contributed by atoms with Crippen LogP contribution in [0.25, 0.3) is 0 Å². The summed E-state index contributed by atoms with van der Waals surface area (Å²) >= 11 is 5.96. The molecular weight excluding hydrogens is 359 g/mol. The van der Waals surface area contributed by atoms with E-state index in [0.717, 1.165) is 0 Å². The smallest absolute Gasteiger partial charge is 0.274 e. The number of benzene rings is 2. The molecule has 0 atom stereocenters. The number of rotatable bonds is 5. The third-order valence-corrected chi connectivity index (χ3v) is 3.64. The van der Waals surface area contributed by atoms with Crippen LogP contribution in [0.3, 0.4) is 0 Å². The van der Waals surface area contributed by atoms with Crippen molar-refractivity contribution in [3.63, 3.8) is 0 Å². The van der Waals surface area contributed by atoms with Crippen LogP contribution in [0.5, 0.6) is 5.75 Å². The summed E-state index contributed by atoms with van der Waals surface area (Å²) in [6.45, 7) is 0. The van der Waals surface area contributed by atoms with Crippen LogP contribution >= 0.6 is 11.6 Å². The monoisotopic (exact) mass is 372 g/mol. The molecule has 3 aromatic rings. The largest absolute Gasteiger partial charge is 0.495 e. The van der Waals surface area contributed by atoms with E-state index in [2.05, 4.69) is 20.6 Å². The highest BCUT2D eigenvalue weighted by Gasteiger charge is 2.13. The Hall–Kier alpha value is -3.19. The minimum absolute atomic E-state index is 0.126. The van der Waals surface area contributed by atoms with Gasteiger partial charge in [-0.15, -0.1) is 0 Å². The maximum absolute atomic E-state index is 13.3. The molecule has 0 saturated heterocycles. The van der Waals surface area contributed by atoms with Crippen LogP contribution in [0.15, 0.2) is 54.9 Å². The topological polar surface area (TPSA) is 76.1 Å². The fourth-order valence-corrected chi connectivity index (χ4v) is 2.40. The Morgan fingerprint density at radius 2 is 2.00 bits per heavy atom. The minimum atomic E-state index is -0.463. The predicted molar refractivity (Wildman–Crippen MR) is 97.7 cm³/mol. The molecule has 0 aliphatic carbocycles. The zero-order valence-electron chi connectivity index (χ0n) is 13.7. The van der Waals surface area contributed by atoms with Crippen molar-refractivity contribution >= 4 is 34.7 Å². The van der Waals surface area contributed by atoms with Gasteiger partial charge in [0.1, 0.15) is 29.4 Å². The van der Waals surface area contributed by atoms with Crippen molar-refractivity contribution in [1.82, 2.24) is 9.97 Å². The number of hydrogen-bond donors (Lipinski definition) is 2. The Labute approximate surface area is 154 Å². The highest BCUT2D eigenvalue weighted by Crippen LogP contribution is 2.28. The average molecular weight is 373 g/mol. The summed E-state index contributed by atoms with van der Waals surface area (Å²) in [6, 6.07) is 12.2. The van der Waals surface area contributed by atoms with Gasteiger partial charge in [0, 0.05) is 16.8 Å². The van der Waals surface area contributed by atoms with E-state index in [1.165, 1.54) is 31.6 Å². The van der Waals surface area contributed by atoms with Crippen molar-refractivity contribution in [2.24, 2.45) is 0 Å². The Morgan fingerprint density at radius 1 is 1.15 bits per heavy atom. The first-order valence-electron chi connectivity index (χ1n) is 7.54. The van der Waals surface area contributed by atoms with E-state index in [9.17, 15) is 9.18 Å². The van der Waals surface area contributed by atoms with Crippen molar-refractivity contribution in [2.45, 2.75) is 0 Å². The van der Waals surface area contributed by atoms with E-state index in [1.807, 2.05) is 0 Å². The fourth-order valence-electron chi connectivity index (χ4n) is 2.23. The number of hydrogen-bond acceptors (Lipinski definition) is 5. The maximum atomic E-state index is 13.3. The van der Waals surface area contributed by atoms with Crippen molar-refractivity contribution in [3.8, 4) is 5.75 Å². The first-order valence-corrected chi connectivity index (χ1v) is 7.92. The number of ether oxygens (including phenoxy) is 1. The number of nitrogens with zero attached hydrogens (tertiary/aromatic N) is 2. The molecule has 3 rings (SSSR count). The molecule has 8 heteroatoms. The molecule has 1 heterocycles. The maximum Gasteiger partial charge on any atom is 0.274 e. The number of aromatic nitrogens is 2. The molecule has 2 N–H and O–H groups in total. The molecule has 26 heavy (non-hydrogen) atoms. The number of amides is 1. The van der Waals surface area contributed by atoms with Gasteiger partial charge in [0.2, 0.25) is 0 Å². The summed E-state index contributed by atoms with van der Waals surface area (Å²) in [5.41, 5.74) is 1.05. The van der Waals surface area contributed by atoms with Crippen LogP contribution in [-0.4, -0.2) is 23.0 Å². The quantitative estimate of drug-likeness (QED) is 0.699. The van der Waals surface area contributed by atoms with Gasteiger partial charge in [0.25, 0.3) is 5.91 Å². The number of methoxy groups -OCH3 is 1. The summed E-state index contributed by atoms with van der Waals surface area (Å²) < 4.78 is 18.5. The second-order valence-corrected chi connectivity index (χ2v) is 5.66. The second-order valence-electron chi connectivity index (χ2n) is 5.22. The van der Waals surface area contributed by atoms with Gasteiger partial charge >= 0.3 is 0 Å². The molecule has 0 unspecified atom stereocenters. The fraction of sp³-hybridized carbons (Fsp3) is 0.0556. The molecule has 132 valence electrons. The third kappa shape index (κ3) is 4.25. The van der Waals surface area contributed by atoms with Gasteiger partial charge in [-0.1, -0.05) is 17.7 Å². The number of carbonyl (C=O) groups excluding carboxylic acids is 1. The molecule has 1 aromatic heterocycles. The molecule has 0 aliphatic heterocycles. The van der Waals surface area contributed by atoms with Crippen LogP contribution in [-0.2, 0) is 0 Å². The van der Waals surface area contributed by atoms with Crippen molar-refractivity contribution in [1.29, 1.82) is 0 Å². The van der Waals surface area contributed by atoms with Gasteiger partial charge in [-0.2, -0.15) is 0 Å². The predicted octanol–water partition coefficient (Wildman–Crippen LogP) is 4.27. The zero-order valence-corrected chi connectivity index (χ0v) is 14.4. The van der Waals surface area contributed by atoms with E-state index in [-0.39, 0.29) is 11.5 Å². The molecule has 2 aromatic carbocycles. The van der Waals surface area contributed by atoms with Gasteiger partial charge < -0.3 is 15.4 Å². The Balaban J connectivity index is 1.79. The normalized spacial score (nSPS) is 10.3. The lowest BCUT2D eigenvalue weighted by Crippen LogP contribution is -2.15. The Morgan fingerprint density at radius 3 is 2.77 bits per heavy atom. The van der Waals surface area contributed by atoms with Gasteiger partial charge in [-0.3, -0.25) is 4.79 Å². The lowest BCUT2D eigenvalue weighted by Gasteiger charge is -2.11. The molecule has 0 spiro atoms. The van der Waals surface area contributed by atoms with Crippen LogP contribution in [0.2, 0.25) is 5.02 Å². The molecule has 6 nitrogen and oxygen atoms in total. The molecule has 0 fully saturated rings. The summed E-state index contributed by atoms with van der Waals surface area (Å²) in [6.07, 6.45) is 1.24. The van der Waals surface area contributed by atoms with Crippen LogP contribution in [0.4, 0.5) is 21.6 Å². The third-order valence-electron chi connectivity index (χ3n) is 3.41. The first-order chi connectivity index (χ1) is 12.5. The summed E-state index contributed by atoms with van der Waals surface area (Å²) in [5.74, 6) is -0.0194. The lowest BCUT2D eigenvalue weighted by atomic mass is 10.2. The molecule has 0 radical (unpaired) electrons. The van der Waals surface area contributed by atoms with E-state index in [0.29, 0.717) is 28.0 Å². The van der Waals surface area contributed by atoms with Crippen molar-refractivity contribution in [3.05, 3.63) is 71.4 Å². The van der Waals surface area contributed by atoms with Crippen LogP contribution in [0.1, 0.15) is 10.5 Å². The molecular formula is C18H14ClFN4O2. The molecule has 0 aliphatic rings. The number of anilines is 3. The average Bonchev–Trinajstić information content (AvgIpc) is 2.62. The van der Waals surface area contributed by atoms with E-state index in [4.69, 9.17) is 16.3 Å². The van der Waals surface area contributed by atoms with Gasteiger partial charge in [-0.25, -0.2) is 14.4 Å². The number of halogens is 2. The summed E-state index contributed by atoms with van der Waals surface area (Å²) in [7, 11) is 1.49. The number of carbonyl (C=O) groups is 1. The first kappa shape index (κ1) is 17.6. The highest BCUT2D eigenvalue weighted by molar-refractivity contribution is 6.31. The minimum Gasteiger partial charge on any atom is -0.495 e. The van der Waals surface area contributed by atoms with Gasteiger partial charge in [-0.05, 0) is 36.4 Å². The van der Waals surface area contributed by atoms with Gasteiger partial charge in [0.15, 0.2) is 0 Å². The van der Waals surface area contributed by atoms with Crippen molar-refractivity contribution in [2.75, 3.05) is 17.7 Å². The molecule has 0 bridgehead atoms. The lowest BCUT2D eigenvalue weighted by molar-refractivity contribution is 0.102. The van der Waals surface area contributed by atoms with E-state index in [1.54, 1.807) is 30.3 Å².